The Morgan fingerprint density at radius 1 is 0.704 bits per heavy atom. The van der Waals surface area contributed by atoms with Gasteiger partial charge in [-0.2, -0.15) is 0 Å². The molecule has 1 aliphatic rings. The summed E-state index contributed by atoms with van der Waals surface area (Å²) in [4.78, 5) is 12.9. The lowest BCUT2D eigenvalue weighted by molar-refractivity contribution is 0.103. The number of aromatic hydroxyl groups is 4. The average molecular weight is 360 g/mol. The van der Waals surface area contributed by atoms with Crippen LogP contribution in [0.15, 0.2) is 52.9 Å². The molecule has 3 aromatic carbocycles. The second-order valence-electron chi connectivity index (χ2n) is 6.44. The van der Waals surface area contributed by atoms with Crippen LogP contribution in [0.1, 0.15) is 15.9 Å². The Balaban J connectivity index is 1.97. The van der Waals surface area contributed by atoms with Gasteiger partial charge in [-0.25, -0.2) is 0 Å². The van der Waals surface area contributed by atoms with Crippen LogP contribution >= 0.6 is 0 Å². The molecule has 132 valence electrons. The molecular formula is C21H12O6. The number of hydrogen-bond donors (Lipinski definition) is 4. The lowest BCUT2D eigenvalue weighted by Gasteiger charge is -2.18. The van der Waals surface area contributed by atoms with Gasteiger partial charge in [0.1, 0.15) is 34.3 Å². The molecular weight excluding hydrogens is 348 g/mol. The number of hydrogen-bond acceptors (Lipinski definition) is 6. The average Bonchev–Trinajstić information content (AvgIpc) is 2.99. The van der Waals surface area contributed by atoms with Crippen molar-refractivity contribution in [3.8, 4) is 45.4 Å². The van der Waals surface area contributed by atoms with E-state index in [0.29, 0.717) is 33.4 Å². The SMILES string of the molecule is O=C1c2c(O)cc(O)cc2-c2c(-c3ccc(O)cc3)oc3cc(O)cc1c23. The van der Waals surface area contributed by atoms with Gasteiger partial charge in [0.05, 0.1) is 5.56 Å². The van der Waals surface area contributed by atoms with Crippen LogP contribution in [0.5, 0.6) is 23.0 Å². The number of phenolic OH excluding ortho intramolecular Hbond substituents is 4. The lowest BCUT2D eigenvalue weighted by atomic mass is 9.83. The molecule has 0 spiro atoms. The Labute approximate surface area is 152 Å². The fourth-order valence-electron chi connectivity index (χ4n) is 3.65. The molecule has 1 aliphatic carbocycles. The molecule has 0 bridgehead atoms. The minimum atomic E-state index is -0.464. The van der Waals surface area contributed by atoms with Crippen molar-refractivity contribution in [1.29, 1.82) is 0 Å². The van der Waals surface area contributed by atoms with Gasteiger partial charge in [-0.3, -0.25) is 4.79 Å². The van der Waals surface area contributed by atoms with Crippen LogP contribution in [-0.4, -0.2) is 26.2 Å². The van der Waals surface area contributed by atoms with Crippen LogP contribution in [0.2, 0.25) is 0 Å². The first kappa shape index (κ1) is 15.3. The topological polar surface area (TPSA) is 111 Å². The summed E-state index contributed by atoms with van der Waals surface area (Å²) in [6, 6.07) is 11.6. The van der Waals surface area contributed by atoms with Gasteiger partial charge in [-0.1, -0.05) is 0 Å². The molecule has 5 rings (SSSR count). The molecule has 27 heavy (non-hydrogen) atoms. The molecule has 0 aliphatic heterocycles. The minimum absolute atomic E-state index is 0.0358. The monoisotopic (exact) mass is 360 g/mol. The molecule has 0 fully saturated rings. The van der Waals surface area contributed by atoms with Crippen molar-refractivity contribution >= 4 is 16.8 Å². The summed E-state index contributed by atoms with van der Waals surface area (Å²) in [6.07, 6.45) is 0. The summed E-state index contributed by atoms with van der Waals surface area (Å²) in [6.45, 7) is 0. The first-order valence-corrected chi connectivity index (χ1v) is 8.14. The predicted octanol–water partition coefficient (Wildman–Crippen LogP) is 4.13. The van der Waals surface area contributed by atoms with E-state index in [0.717, 1.165) is 6.07 Å². The maximum absolute atomic E-state index is 12.9. The highest BCUT2D eigenvalue weighted by Crippen LogP contribution is 2.50. The molecule has 6 nitrogen and oxygen atoms in total. The molecule has 4 N–H and O–H groups in total. The van der Waals surface area contributed by atoms with Crippen LogP contribution in [0.25, 0.3) is 33.4 Å². The van der Waals surface area contributed by atoms with Crippen molar-refractivity contribution in [2.45, 2.75) is 0 Å². The predicted molar refractivity (Wildman–Crippen MR) is 97.2 cm³/mol. The van der Waals surface area contributed by atoms with Crippen LogP contribution in [-0.2, 0) is 0 Å². The fraction of sp³-hybridized carbons (Fsp3) is 0. The number of phenols is 4. The van der Waals surface area contributed by atoms with E-state index < -0.39 is 5.78 Å². The highest BCUT2D eigenvalue weighted by atomic mass is 16.3. The maximum atomic E-state index is 12.9. The molecule has 1 aromatic heterocycles. The van der Waals surface area contributed by atoms with E-state index in [4.69, 9.17) is 4.42 Å². The quantitative estimate of drug-likeness (QED) is 0.358. The Kier molecular flexibility index (Phi) is 2.87. The first-order chi connectivity index (χ1) is 12.9. The van der Waals surface area contributed by atoms with Crippen LogP contribution in [0.3, 0.4) is 0 Å². The van der Waals surface area contributed by atoms with Crippen molar-refractivity contribution in [3.05, 3.63) is 59.7 Å². The van der Waals surface area contributed by atoms with Gasteiger partial charge in [0.15, 0.2) is 5.78 Å². The molecule has 0 saturated heterocycles. The zero-order chi connectivity index (χ0) is 18.9. The Morgan fingerprint density at radius 2 is 1.37 bits per heavy atom. The van der Waals surface area contributed by atoms with Gasteiger partial charge < -0.3 is 24.8 Å². The smallest absolute Gasteiger partial charge is 0.198 e. The highest BCUT2D eigenvalue weighted by Gasteiger charge is 2.34. The van der Waals surface area contributed by atoms with Crippen LogP contribution in [0, 0.1) is 0 Å². The Hall–Kier alpha value is -3.93. The zero-order valence-corrected chi connectivity index (χ0v) is 13.7. The molecule has 0 radical (unpaired) electrons. The number of benzene rings is 3. The summed E-state index contributed by atoms with van der Waals surface area (Å²) >= 11 is 0. The van der Waals surface area contributed by atoms with Crippen LogP contribution in [0.4, 0.5) is 0 Å². The van der Waals surface area contributed by atoms with E-state index in [1.54, 1.807) is 12.1 Å². The van der Waals surface area contributed by atoms with E-state index in [2.05, 4.69) is 0 Å². The van der Waals surface area contributed by atoms with Gasteiger partial charge in [-0.15, -0.1) is 0 Å². The maximum Gasteiger partial charge on any atom is 0.198 e. The van der Waals surface area contributed by atoms with Crippen LogP contribution < -0.4 is 0 Å². The van der Waals surface area contributed by atoms with E-state index in [1.807, 2.05) is 0 Å². The molecule has 0 saturated carbocycles. The second-order valence-corrected chi connectivity index (χ2v) is 6.44. The van der Waals surface area contributed by atoms with Gasteiger partial charge in [0, 0.05) is 39.8 Å². The third-order valence-corrected chi connectivity index (χ3v) is 4.75. The van der Waals surface area contributed by atoms with Gasteiger partial charge in [0.2, 0.25) is 0 Å². The highest BCUT2D eigenvalue weighted by molar-refractivity contribution is 6.28. The van der Waals surface area contributed by atoms with Crippen molar-refractivity contribution in [3.63, 3.8) is 0 Å². The summed E-state index contributed by atoms with van der Waals surface area (Å²) in [5.74, 6) is -0.648. The van der Waals surface area contributed by atoms with Gasteiger partial charge in [-0.05, 0) is 36.4 Å². The van der Waals surface area contributed by atoms with E-state index in [1.165, 1.54) is 30.3 Å². The van der Waals surface area contributed by atoms with Crippen molar-refractivity contribution in [2.75, 3.05) is 0 Å². The molecule has 0 amide bonds. The summed E-state index contributed by atoms with van der Waals surface area (Å²) in [5, 5.41) is 40.3. The Morgan fingerprint density at radius 3 is 2.11 bits per heavy atom. The van der Waals surface area contributed by atoms with Crippen molar-refractivity contribution < 1.29 is 29.6 Å². The fourth-order valence-corrected chi connectivity index (χ4v) is 3.65. The molecule has 4 aromatic rings. The summed E-state index contributed by atoms with van der Waals surface area (Å²) in [7, 11) is 0. The molecule has 6 heteroatoms. The van der Waals surface area contributed by atoms with Gasteiger partial charge in [0.25, 0.3) is 0 Å². The largest absolute Gasteiger partial charge is 0.508 e. The number of ketones is 1. The normalized spacial score (nSPS) is 12.4. The van der Waals surface area contributed by atoms with E-state index in [-0.39, 0.29) is 34.1 Å². The van der Waals surface area contributed by atoms with E-state index in [9.17, 15) is 25.2 Å². The lowest BCUT2D eigenvalue weighted by Crippen LogP contribution is -2.09. The molecule has 1 heterocycles. The Bertz CT molecular complexity index is 1260. The third kappa shape index (κ3) is 2.04. The molecule has 0 atom stereocenters. The number of carbonyl (C=O) groups is 1. The van der Waals surface area contributed by atoms with Crippen molar-refractivity contribution in [1.82, 2.24) is 0 Å². The number of fused-ring (bicyclic) bond motifs is 2. The van der Waals surface area contributed by atoms with Gasteiger partial charge >= 0.3 is 0 Å². The third-order valence-electron chi connectivity index (χ3n) is 4.75. The zero-order valence-electron chi connectivity index (χ0n) is 13.7. The standard InChI is InChI=1S/C21H12O6/c22-10-3-1-9(2-4-10)21-19-13-5-11(23)7-15(25)17(13)20(26)14-6-12(24)8-16(27-21)18(14)19/h1-8,22-25H. The minimum Gasteiger partial charge on any atom is -0.508 e. The second kappa shape index (κ2) is 5.04. The number of carbonyl (C=O) groups excluding carboxylic acids is 1. The summed E-state index contributed by atoms with van der Waals surface area (Å²) < 4.78 is 5.95. The molecule has 0 unspecified atom stereocenters. The number of furan rings is 1. The summed E-state index contributed by atoms with van der Waals surface area (Å²) in [5.41, 5.74) is 2.07. The van der Waals surface area contributed by atoms with Crippen molar-refractivity contribution in [2.24, 2.45) is 0 Å². The number of rotatable bonds is 1. The van der Waals surface area contributed by atoms with E-state index >= 15 is 0 Å². The first-order valence-electron chi connectivity index (χ1n) is 8.14.